The fourth-order valence-electron chi connectivity index (χ4n) is 0.612. The summed E-state index contributed by atoms with van der Waals surface area (Å²) in [5.41, 5.74) is 0. The zero-order valence-corrected chi connectivity index (χ0v) is 7.13. The number of anilines is 1. The minimum absolute atomic E-state index is 0.170. The van der Waals surface area contributed by atoms with Crippen LogP contribution in [0.15, 0.2) is 11.4 Å². The molecule has 0 saturated heterocycles. The van der Waals surface area contributed by atoms with E-state index in [0.29, 0.717) is 10.0 Å². The van der Waals surface area contributed by atoms with Crippen LogP contribution in [0.3, 0.4) is 0 Å². The van der Waals surface area contributed by atoms with E-state index >= 15 is 0 Å². The van der Waals surface area contributed by atoms with Gasteiger partial charge in [0.2, 0.25) is 5.91 Å². The molecular weight excluding hydrogens is 178 g/mol. The van der Waals surface area contributed by atoms with Crippen molar-refractivity contribution in [1.82, 2.24) is 4.98 Å². The third kappa shape index (κ3) is 2.31. The van der Waals surface area contributed by atoms with Gasteiger partial charge in [-0.2, -0.15) is 0 Å². The van der Waals surface area contributed by atoms with Crippen LogP contribution < -0.4 is 5.32 Å². The highest BCUT2D eigenvalue weighted by molar-refractivity contribution is 7.17. The molecule has 0 unspecified atom stereocenters. The number of rotatable bonds is 2. The zero-order valence-electron chi connectivity index (χ0n) is 6.31. The Labute approximate surface area is 72.7 Å². The molecule has 0 atom stereocenters. The van der Waals surface area contributed by atoms with E-state index in [-0.39, 0.29) is 5.91 Å². The predicted octanol–water partition coefficient (Wildman–Crippen LogP) is 0.910. The van der Waals surface area contributed by atoms with Crippen LogP contribution in [0.5, 0.6) is 0 Å². The number of hydrogen-bond acceptors (Lipinski definition) is 5. The molecular formula is C6H7N3O2S. The van der Waals surface area contributed by atoms with Gasteiger partial charge < -0.3 is 10.5 Å². The lowest BCUT2D eigenvalue weighted by molar-refractivity contribution is -0.114. The highest BCUT2D eigenvalue weighted by atomic mass is 32.1. The first-order chi connectivity index (χ1) is 5.72. The average molecular weight is 185 g/mol. The first-order valence-electron chi connectivity index (χ1n) is 3.13. The molecule has 0 radical (unpaired) electrons. The number of oxime groups is 1. The SMILES string of the molecule is CC(=O)Nc1ncc(/C=N/O)s1. The minimum atomic E-state index is -0.170. The third-order valence-corrected chi connectivity index (χ3v) is 1.84. The molecule has 6 heteroatoms. The molecule has 5 nitrogen and oxygen atoms in total. The Morgan fingerprint density at radius 1 is 1.92 bits per heavy atom. The molecule has 12 heavy (non-hydrogen) atoms. The molecule has 0 aromatic carbocycles. The lowest BCUT2D eigenvalue weighted by Crippen LogP contribution is -2.04. The second-order valence-corrected chi connectivity index (χ2v) is 3.06. The zero-order chi connectivity index (χ0) is 8.97. The molecule has 1 aromatic rings. The Balaban J connectivity index is 2.70. The van der Waals surface area contributed by atoms with E-state index in [9.17, 15) is 4.79 Å². The van der Waals surface area contributed by atoms with Gasteiger partial charge >= 0.3 is 0 Å². The molecule has 64 valence electrons. The normalized spacial score (nSPS) is 10.4. The van der Waals surface area contributed by atoms with Crippen molar-refractivity contribution in [3.05, 3.63) is 11.1 Å². The molecule has 0 saturated carbocycles. The quantitative estimate of drug-likeness (QED) is 0.408. The molecule has 0 aliphatic heterocycles. The van der Waals surface area contributed by atoms with E-state index in [4.69, 9.17) is 5.21 Å². The Morgan fingerprint density at radius 3 is 3.25 bits per heavy atom. The molecule has 0 aliphatic carbocycles. The number of nitrogens with zero attached hydrogens (tertiary/aromatic N) is 2. The average Bonchev–Trinajstić information content (AvgIpc) is 2.36. The van der Waals surface area contributed by atoms with Gasteiger partial charge in [0.15, 0.2) is 5.13 Å². The number of hydrogen-bond donors (Lipinski definition) is 2. The van der Waals surface area contributed by atoms with Crippen molar-refractivity contribution in [3.8, 4) is 0 Å². The van der Waals surface area contributed by atoms with Gasteiger partial charge in [-0.1, -0.05) is 16.5 Å². The number of nitrogens with one attached hydrogen (secondary N) is 1. The van der Waals surface area contributed by atoms with Crippen molar-refractivity contribution in [2.45, 2.75) is 6.92 Å². The van der Waals surface area contributed by atoms with Gasteiger partial charge in [-0.05, 0) is 0 Å². The molecule has 2 N–H and O–H groups in total. The summed E-state index contributed by atoms with van der Waals surface area (Å²) >= 11 is 1.23. The van der Waals surface area contributed by atoms with Gasteiger partial charge in [-0.25, -0.2) is 4.98 Å². The lowest BCUT2D eigenvalue weighted by Gasteiger charge is -1.91. The van der Waals surface area contributed by atoms with Gasteiger partial charge in [0.1, 0.15) is 0 Å². The molecule has 0 spiro atoms. The van der Waals surface area contributed by atoms with Crippen molar-refractivity contribution in [3.63, 3.8) is 0 Å². The van der Waals surface area contributed by atoms with Crippen molar-refractivity contribution >= 4 is 28.6 Å². The maximum atomic E-state index is 10.6. The highest BCUT2D eigenvalue weighted by Gasteiger charge is 2.00. The summed E-state index contributed by atoms with van der Waals surface area (Å²) in [6.07, 6.45) is 2.76. The summed E-state index contributed by atoms with van der Waals surface area (Å²) in [7, 11) is 0. The first kappa shape index (κ1) is 8.66. The summed E-state index contributed by atoms with van der Waals surface area (Å²) in [5, 5.41) is 14.0. The number of thiazole rings is 1. The van der Waals surface area contributed by atoms with Gasteiger partial charge in [-0.15, -0.1) is 0 Å². The van der Waals surface area contributed by atoms with Crippen LogP contribution in [-0.4, -0.2) is 22.3 Å². The second kappa shape index (κ2) is 3.82. The summed E-state index contributed by atoms with van der Waals surface area (Å²) < 4.78 is 0. The smallest absolute Gasteiger partial charge is 0.223 e. The second-order valence-electron chi connectivity index (χ2n) is 1.99. The monoisotopic (exact) mass is 185 g/mol. The Bertz CT molecular complexity index is 307. The van der Waals surface area contributed by atoms with E-state index < -0.39 is 0 Å². The van der Waals surface area contributed by atoms with Gasteiger partial charge in [0.05, 0.1) is 11.1 Å². The largest absolute Gasteiger partial charge is 0.411 e. The van der Waals surface area contributed by atoms with Crippen LogP contribution in [0.2, 0.25) is 0 Å². The molecule has 0 fully saturated rings. The Kier molecular flexibility index (Phi) is 2.76. The lowest BCUT2D eigenvalue weighted by atomic mass is 10.6. The maximum Gasteiger partial charge on any atom is 0.223 e. The Morgan fingerprint density at radius 2 is 2.67 bits per heavy atom. The summed E-state index contributed by atoms with van der Waals surface area (Å²) in [4.78, 5) is 15.1. The third-order valence-electron chi connectivity index (χ3n) is 0.992. The minimum Gasteiger partial charge on any atom is -0.411 e. The van der Waals surface area contributed by atoms with E-state index in [2.05, 4.69) is 15.5 Å². The molecule has 0 aliphatic rings. The summed E-state index contributed by atoms with van der Waals surface area (Å²) in [5.74, 6) is -0.170. The van der Waals surface area contributed by atoms with Crippen LogP contribution >= 0.6 is 11.3 Å². The van der Waals surface area contributed by atoms with Crippen LogP contribution in [0.4, 0.5) is 5.13 Å². The number of carbonyl (C=O) groups is 1. The van der Waals surface area contributed by atoms with Crippen LogP contribution in [0, 0.1) is 0 Å². The number of carbonyl (C=O) groups excluding carboxylic acids is 1. The summed E-state index contributed by atoms with van der Waals surface area (Å²) in [6.45, 7) is 1.40. The molecule has 1 heterocycles. The summed E-state index contributed by atoms with van der Waals surface area (Å²) in [6, 6.07) is 0. The first-order valence-corrected chi connectivity index (χ1v) is 3.95. The van der Waals surface area contributed by atoms with Gasteiger partial charge in [-0.3, -0.25) is 4.79 Å². The maximum absolute atomic E-state index is 10.6. The van der Waals surface area contributed by atoms with Crippen molar-refractivity contribution in [1.29, 1.82) is 0 Å². The van der Waals surface area contributed by atoms with Crippen molar-refractivity contribution < 1.29 is 10.0 Å². The van der Waals surface area contributed by atoms with Crippen LogP contribution in [0.1, 0.15) is 11.8 Å². The van der Waals surface area contributed by atoms with Crippen molar-refractivity contribution in [2.75, 3.05) is 5.32 Å². The topological polar surface area (TPSA) is 74.6 Å². The predicted molar refractivity (Wildman–Crippen MR) is 45.8 cm³/mol. The fourth-order valence-corrected chi connectivity index (χ4v) is 1.34. The molecule has 1 amide bonds. The molecule has 1 rings (SSSR count). The highest BCUT2D eigenvalue weighted by Crippen LogP contribution is 2.15. The van der Waals surface area contributed by atoms with E-state index in [1.54, 1.807) is 0 Å². The van der Waals surface area contributed by atoms with Crippen molar-refractivity contribution in [2.24, 2.45) is 5.16 Å². The Hall–Kier alpha value is -1.43. The van der Waals surface area contributed by atoms with Gasteiger partial charge in [0, 0.05) is 13.1 Å². The van der Waals surface area contributed by atoms with Crippen LogP contribution in [0.25, 0.3) is 0 Å². The number of amides is 1. The van der Waals surface area contributed by atoms with E-state index in [1.165, 1.54) is 30.7 Å². The van der Waals surface area contributed by atoms with E-state index in [1.807, 2.05) is 0 Å². The van der Waals surface area contributed by atoms with E-state index in [0.717, 1.165) is 0 Å². The molecule has 1 aromatic heterocycles. The standard InChI is InChI=1S/C6H7N3O2S/c1-4(10)9-6-7-2-5(12-6)3-8-11/h2-3,11H,1H3,(H,7,9,10)/b8-3+. The van der Waals surface area contributed by atoms with Crippen LogP contribution in [-0.2, 0) is 4.79 Å². The number of aromatic nitrogens is 1. The van der Waals surface area contributed by atoms with Gasteiger partial charge in [0.25, 0.3) is 0 Å². The fraction of sp³-hybridized carbons (Fsp3) is 0.167. The molecule has 0 bridgehead atoms.